The standard InChI is InChI=1S/C19H21FN4O/c20-15-4-1-13(2-5-15)9-19(25)24-11-14-3-6-17(16(14)12-24)23-18-10-21-7-8-22-18/h1-2,4-5,7-8,10,14,16-17H,3,6,9,11-12H2,(H,22,23)/t14-,16+,17-/m1/s1. The van der Waals surface area contributed by atoms with Crippen LogP contribution in [0.2, 0.25) is 0 Å². The normalized spacial score (nSPS) is 25.0. The van der Waals surface area contributed by atoms with Gasteiger partial charge in [0.1, 0.15) is 11.6 Å². The van der Waals surface area contributed by atoms with Crippen LogP contribution in [0.4, 0.5) is 10.2 Å². The highest BCUT2D eigenvalue weighted by molar-refractivity contribution is 5.79. The van der Waals surface area contributed by atoms with Gasteiger partial charge in [0.25, 0.3) is 0 Å². The van der Waals surface area contributed by atoms with Crippen molar-refractivity contribution in [2.45, 2.75) is 25.3 Å². The highest BCUT2D eigenvalue weighted by Crippen LogP contribution is 2.39. The molecule has 2 aromatic rings. The van der Waals surface area contributed by atoms with Gasteiger partial charge < -0.3 is 10.2 Å². The Kier molecular flexibility index (Phi) is 4.34. The van der Waals surface area contributed by atoms with Crippen molar-refractivity contribution in [2.75, 3.05) is 18.4 Å². The summed E-state index contributed by atoms with van der Waals surface area (Å²) in [5, 5.41) is 3.47. The van der Waals surface area contributed by atoms with Crippen molar-refractivity contribution in [3.8, 4) is 0 Å². The maximum absolute atomic E-state index is 13.0. The average Bonchev–Trinajstić information content (AvgIpc) is 3.20. The fraction of sp³-hybridized carbons (Fsp3) is 0.421. The Morgan fingerprint density at radius 3 is 2.80 bits per heavy atom. The molecule has 0 unspecified atom stereocenters. The second-order valence-corrected chi connectivity index (χ2v) is 6.94. The van der Waals surface area contributed by atoms with E-state index in [2.05, 4.69) is 15.3 Å². The number of aromatic nitrogens is 2. The molecule has 6 heteroatoms. The van der Waals surface area contributed by atoms with Crippen LogP contribution in [0.3, 0.4) is 0 Å². The first kappa shape index (κ1) is 16.0. The van der Waals surface area contributed by atoms with E-state index < -0.39 is 0 Å². The number of hydrogen-bond donors (Lipinski definition) is 1. The van der Waals surface area contributed by atoms with Crippen molar-refractivity contribution in [2.24, 2.45) is 11.8 Å². The Balaban J connectivity index is 1.37. The second kappa shape index (κ2) is 6.78. The number of fused-ring (bicyclic) bond motifs is 1. The number of likely N-dealkylation sites (tertiary alicyclic amines) is 1. The Hall–Kier alpha value is -2.50. The Morgan fingerprint density at radius 1 is 1.20 bits per heavy atom. The van der Waals surface area contributed by atoms with Crippen LogP contribution in [0.25, 0.3) is 0 Å². The first-order valence-electron chi connectivity index (χ1n) is 8.74. The van der Waals surface area contributed by atoms with Crippen LogP contribution in [0.1, 0.15) is 18.4 Å². The van der Waals surface area contributed by atoms with Crippen LogP contribution >= 0.6 is 0 Å². The molecule has 1 saturated carbocycles. The summed E-state index contributed by atoms with van der Waals surface area (Å²) in [5.41, 5.74) is 0.859. The number of nitrogens with zero attached hydrogens (tertiary/aromatic N) is 3. The lowest BCUT2D eigenvalue weighted by Gasteiger charge is -2.22. The number of carbonyl (C=O) groups is 1. The Morgan fingerprint density at radius 2 is 2.04 bits per heavy atom. The molecular weight excluding hydrogens is 319 g/mol. The third kappa shape index (κ3) is 3.48. The second-order valence-electron chi connectivity index (χ2n) is 6.94. The van der Waals surface area contributed by atoms with Crippen LogP contribution in [-0.4, -0.2) is 39.9 Å². The van der Waals surface area contributed by atoms with Gasteiger partial charge in [-0.1, -0.05) is 12.1 Å². The summed E-state index contributed by atoms with van der Waals surface area (Å²) >= 11 is 0. The minimum Gasteiger partial charge on any atom is -0.366 e. The lowest BCUT2D eigenvalue weighted by molar-refractivity contribution is -0.129. The topological polar surface area (TPSA) is 58.1 Å². The number of rotatable bonds is 4. The molecule has 2 heterocycles. The Bertz CT molecular complexity index is 737. The van der Waals surface area contributed by atoms with Gasteiger partial charge in [-0.25, -0.2) is 9.37 Å². The molecule has 2 aliphatic rings. The molecule has 25 heavy (non-hydrogen) atoms. The monoisotopic (exact) mass is 340 g/mol. The summed E-state index contributed by atoms with van der Waals surface area (Å²) in [6, 6.07) is 6.51. The van der Waals surface area contributed by atoms with Gasteiger partial charge in [-0.2, -0.15) is 0 Å². The highest BCUT2D eigenvalue weighted by Gasteiger charge is 2.43. The molecule has 1 aliphatic carbocycles. The lowest BCUT2D eigenvalue weighted by atomic mass is 9.98. The smallest absolute Gasteiger partial charge is 0.227 e. The van der Waals surface area contributed by atoms with Crippen molar-refractivity contribution in [3.63, 3.8) is 0 Å². The molecule has 0 bridgehead atoms. The summed E-state index contributed by atoms with van der Waals surface area (Å²) < 4.78 is 13.0. The summed E-state index contributed by atoms with van der Waals surface area (Å²) in [7, 11) is 0. The van der Waals surface area contributed by atoms with E-state index in [1.165, 1.54) is 12.1 Å². The maximum Gasteiger partial charge on any atom is 0.227 e. The summed E-state index contributed by atoms with van der Waals surface area (Å²) in [4.78, 5) is 22.9. The predicted molar refractivity (Wildman–Crippen MR) is 92.3 cm³/mol. The highest BCUT2D eigenvalue weighted by atomic mass is 19.1. The zero-order valence-corrected chi connectivity index (χ0v) is 13.9. The number of halogens is 1. The van der Waals surface area contributed by atoms with E-state index in [0.29, 0.717) is 24.3 Å². The van der Waals surface area contributed by atoms with Gasteiger partial charge in [-0.15, -0.1) is 0 Å². The van der Waals surface area contributed by atoms with E-state index >= 15 is 0 Å². The molecule has 0 spiro atoms. The van der Waals surface area contributed by atoms with Gasteiger partial charge >= 0.3 is 0 Å². The van der Waals surface area contributed by atoms with Gasteiger partial charge in [0, 0.05) is 37.4 Å². The number of benzene rings is 1. The molecule has 5 nitrogen and oxygen atoms in total. The maximum atomic E-state index is 13.0. The van der Waals surface area contributed by atoms with E-state index in [1.54, 1.807) is 30.7 Å². The molecule has 1 aromatic heterocycles. The molecule has 4 rings (SSSR count). The predicted octanol–water partition coefficient (Wildman–Crippen LogP) is 2.51. The average molecular weight is 340 g/mol. The fourth-order valence-corrected chi connectivity index (χ4v) is 4.10. The molecule has 1 saturated heterocycles. The number of anilines is 1. The zero-order valence-electron chi connectivity index (χ0n) is 13.9. The minimum absolute atomic E-state index is 0.124. The quantitative estimate of drug-likeness (QED) is 0.929. The summed E-state index contributed by atoms with van der Waals surface area (Å²) in [5.74, 6) is 1.65. The molecule has 1 N–H and O–H groups in total. The van der Waals surface area contributed by atoms with Crippen molar-refractivity contribution < 1.29 is 9.18 Å². The van der Waals surface area contributed by atoms with E-state index in [9.17, 15) is 9.18 Å². The van der Waals surface area contributed by atoms with Crippen LogP contribution in [-0.2, 0) is 11.2 Å². The van der Waals surface area contributed by atoms with Crippen molar-refractivity contribution in [1.29, 1.82) is 0 Å². The third-order valence-electron chi connectivity index (χ3n) is 5.37. The van der Waals surface area contributed by atoms with Gasteiger partial charge in [-0.05, 0) is 36.5 Å². The van der Waals surface area contributed by atoms with Crippen LogP contribution in [0.5, 0.6) is 0 Å². The minimum atomic E-state index is -0.273. The fourth-order valence-electron chi connectivity index (χ4n) is 4.10. The first-order valence-corrected chi connectivity index (χ1v) is 8.74. The van der Waals surface area contributed by atoms with Crippen LogP contribution in [0.15, 0.2) is 42.9 Å². The number of nitrogens with one attached hydrogen (secondary N) is 1. The molecular formula is C19H21FN4O. The molecule has 3 atom stereocenters. The van der Waals surface area contributed by atoms with Gasteiger partial charge in [0.05, 0.1) is 12.6 Å². The molecule has 1 aliphatic heterocycles. The number of carbonyl (C=O) groups excluding carboxylic acids is 1. The van der Waals surface area contributed by atoms with E-state index in [-0.39, 0.29) is 11.7 Å². The van der Waals surface area contributed by atoms with Gasteiger partial charge in [0.15, 0.2) is 0 Å². The molecule has 2 fully saturated rings. The van der Waals surface area contributed by atoms with Gasteiger partial charge in [-0.3, -0.25) is 9.78 Å². The molecule has 1 amide bonds. The molecule has 0 radical (unpaired) electrons. The van der Waals surface area contributed by atoms with E-state index in [4.69, 9.17) is 0 Å². The third-order valence-corrected chi connectivity index (χ3v) is 5.37. The van der Waals surface area contributed by atoms with E-state index in [1.807, 2.05) is 4.90 Å². The molecule has 1 aromatic carbocycles. The number of hydrogen-bond acceptors (Lipinski definition) is 4. The lowest BCUT2D eigenvalue weighted by Crippen LogP contribution is -2.34. The largest absolute Gasteiger partial charge is 0.366 e. The first-order chi connectivity index (χ1) is 12.2. The van der Waals surface area contributed by atoms with Crippen molar-refractivity contribution in [3.05, 3.63) is 54.2 Å². The van der Waals surface area contributed by atoms with Crippen molar-refractivity contribution >= 4 is 11.7 Å². The van der Waals surface area contributed by atoms with E-state index in [0.717, 1.165) is 37.3 Å². The zero-order chi connectivity index (χ0) is 17.2. The summed E-state index contributed by atoms with van der Waals surface area (Å²) in [6.07, 6.45) is 7.65. The Labute approximate surface area is 146 Å². The van der Waals surface area contributed by atoms with Gasteiger partial charge in [0.2, 0.25) is 5.91 Å². The SMILES string of the molecule is O=C(Cc1ccc(F)cc1)N1C[C@H]2CC[C@@H](Nc3cnccn3)[C@H]2C1. The summed E-state index contributed by atoms with van der Waals surface area (Å²) in [6.45, 7) is 1.60. The number of amides is 1. The molecule has 130 valence electrons. The van der Waals surface area contributed by atoms with Crippen LogP contribution in [0, 0.1) is 17.7 Å². The van der Waals surface area contributed by atoms with Crippen LogP contribution < -0.4 is 5.32 Å². The van der Waals surface area contributed by atoms with Crippen molar-refractivity contribution in [1.82, 2.24) is 14.9 Å².